The van der Waals surface area contributed by atoms with Gasteiger partial charge in [0, 0.05) is 22.6 Å². The van der Waals surface area contributed by atoms with Crippen LogP contribution in [0, 0.1) is 26.6 Å². The second-order valence-electron chi connectivity index (χ2n) is 7.89. The normalized spacial score (nSPS) is 14.8. The van der Waals surface area contributed by atoms with E-state index < -0.39 is 23.7 Å². The fourth-order valence-electron chi connectivity index (χ4n) is 4.07. The van der Waals surface area contributed by atoms with Crippen LogP contribution in [-0.2, 0) is 11.3 Å². The Morgan fingerprint density at radius 1 is 1.09 bits per heavy atom. The van der Waals surface area contributed by atoms with Crippen molar-refractivity contribution in [2.75, 3.05) is 0 Å². The van der Waals surface area contributed by atoms with E-state index in [9.17, 15) is 23.9 Å². The molecule has 2 heterocycles. The van der Waals surface area contributed by atoms with E-state index in [0.717, 1.165) is 22.0 Å². The lowest BCUT2D eigenvalue weighted by atomic mass is 10.1. The van der Waals surface area contributed by atoms with E-state index in [1.807, 2.05) is 30.5 Å². The van der Waals surface area contributed by atoms with E-state index in [-0.39, 0.29) is 23.4 Å². The van der Waals surface area contributed by atoms with Gasteiger partial charge < -0.3 is 15.0 Å². The zero-order chi connectivity index (χ0) is 23.9. The summed E-state index contributed by atoms with van der Waals surface area (Å²) >= 11 is 0. The molecule has 0 aliphatic carbocycles. The molecule has 8 heteroatoms. The van der Waals surface area contributed by atoms with E-state index in [2.05, 4.69) is 5.32 Å². The van der Waals surface area contributed by atoms with Crippen molar-refractivity contribution >= 4 is 24.0 Å². The number of carbonyl (C=O) groups is 3. The summed E-state index contributed by atoms with van der Waals surface area (Å²) in [5.74, 6) is -2.04. The number of rotatable bonds is 5. The minimum absolute atomic E-state index is 0.0904. The molecule has 168 valence electrons. The van der Waals surface area contributed by atoms with Gasteiger partial charge >= 0.3 is 12.0 Å². The number of hydrogen-bond acceptors (Lipinski definition) is 3. The molecule has 1 aliphatic heterocycles. The van der Waals surface area contributed by atoms with E-state index in [1.54, 1.807) is 37.3 Å². The van der Waals surface area contributed by atoms with Crippen LogP contribution in [-0.4, -0.2) is 32.5 Å². The third-order valence-corrected chi connectivity index (χ3v) is 5.80. The molecule has 4 rings (SSSR count). The SMILES string of the molecule is Cc1c(C(=O)O)cccc1-n1c(C)cc(/C=C2/NC(=O)N(Cc3ccccc3F)C2=O)c1C. The molecular formula is C25H22FN3O4. The molecule has 2 aromatic carbocycles. The number of urea groups is 1. The lowest BCUT2D eigenvalue weighted by molar-refractivity contribution is -0.123. The average molecular weight is 447 g/mol. The van der Waals surface area contributed by atoms with Crippen LogP contribution in [0.15, 0.2) is 54.2 Å². The quantitative estimate of drug-likeness (QED) is 0.450. The van der Waals surface area contributed by atoms with Crippen LogP contribution in [0.3, 0.4) is 0 Å². The summed E-state index contributed by atoms with van der Waals surface area (Å²) < 4.78 is 15.9. The van der Waals surface area contributed by atoms with Crippen molar-refractivity contribution in [2.24, 2.45) is 0 Å². The predicted octanol–water partition coefficient (Wildman–Crippen LogP) is 4.33. The number of hydrogen-bond donors (Lipinski definition) is 2. The van der Waals surface area contributed by atoms with Crippen molar-refractivity contribution in [3.05, 3.63) is 93.7 Å². The highest BCUT2D eigenvalue weighted by molar-refractivity contribution is 6.14. The highest BCUT2D eigenvalue weighted by Crippen LogP contribution is 2.27. The Kier molecular flexibility index (Phi) is 5.59. The largest absolute Gasteiger partial charge is 0.478 e. The van der Waals surface area contributed by atoms with Gasteiger partial charge in [0.15, 0.2) is 0 Å². The van der Waals surface area contributed by atoms with Crippen molar-refractivity contribution in [3.8, 4) is 5.69 Å². The van der Waals surface area contributed by atoms with Gasteiger partial charge in [-0.1, -0.05) is 24.3 Å². The molecular weight excluding hydrogens is 425 g/mol. The lowest BCUT2D eigenvalue weighted by Gasteiger charge is -2.14. The van der Waals surface area contributed by atoms with Crippen molar-refractivity contribution < 1.29 is 23.9 Å². The molecule has 33 heavy (non-hydrogen) atoms. The maximum absolute atomic E-state index is 14.0. The number of nitrogens with one attached hydrogen (secondary N) is 1. The van der Waals surface area contributed by atoms with Crippen molar-refractivity contribution in [3.63, 3.8) is 0 Å². The predicted molar refractivity (Wildman–Crippen MR) is 120 cm³/mol. The van der Waals surface area contributed by atoms with Crippen LogP contribution in [0.2, 0.25) is 0 Å². The van der Waals surface area contributed by atoms with Gasteiger partial charge in [-0.15, -0.1) is 0 Å². The molecule has 0 radical (unpaired) electrons. The molecule has 0 bridgehead atoms. The first-order valence-corrected chi connectivity index (χ1v) is 10.3. The Morgan fingerprint density at radius 2 is 1.82 bits per heavy atom. The van der Waals surface area contributed by atoms with Crippen LogP contribution in [0.5, 0.6) is 0 Å². The van der Waals surface area contributed by atoms with Gasteiger partial charge in [0.1, 0.15) is 11.5 Å². The maximum atomic E-state index is 14.0. The molecule has 3 amide bonds. The van der Waals surface area contributed by atoms with E-state index in [1.165, 1.54) is 12.1 Å². The number of aromatic nitrogens is 1. The Hall–Kier alpha value is -4.20. The highest BCUT2D eigenvalue weighted by Gasteiger charge is 2.34. The van der Waals surface area contributed by atoms with Crippen LogP contribution in [0.25, 0.3) is 11.8 Å². The number of benzene rings is 2. The first kappa shape index (κ1) is 22.0. The maximum Gasteiger partial charge on any atom is 0.336 e. The molecule has 0 atom stereocenters. The minimum atomic E-state index is -1.01. The third-order valence-electron chi connectivity index (χ3n) is 5.80. The summed E-state index contributed by atoms with van der Waals surface area (Å²) in [6, 6.07) is 12.3. The second-order valence-corrected chi connectivity index (χ2v) is 7.89. The first-order valence-electron chi connectivity index (χ1n) is 10.3. The number of aryl methyl sites for hydroxylation is 1. The number of carbonyl (C=O) groups excluding carboxylic acids is 2. The van der Waals surface area contributed by atoms with Gasteiger partial charge in [-0.2, -0.15) is 0 Å². The van der Waals surface area contributed by atoms with Crippen LogP contribution in [0.1, 0.15) is 38.4 Å². The van der Waals surface area contributed by atoms with Gasteiger partial charge in [0.2, 0.25) is 0 Å². The third kappa shape index (κ3) is 3.91. The molecule has 0 spiro atoms. The number of carboxylic acid groups (broad SMARTS) is 1. The number of aromatic carboxylic acids is 1. The smallest absolute Gasteiger partial charge is 0.336 e. The van der Waals surface area contributed by atoms with Crippen molar-refractivity contribution in [2.45, 2.75) is 27.3 Å². The molecule has 0 unspecified atom stereocenters. The minimum Gasteiger partial charge on any atom is -0.478 e. The number of carboxylic acids is 1. The Labute approximate surface area is 189 Å². The van der Waals surface area contributed by atoms with E-state index >= 15 is 0 Å². The number of imide groups is 1. The number of nitrogens with zero attached hydrogens (tertiary/aromatic N) is 2. The summed E-state index contributed by atoms with van der Waals surface area (Å²) in [7, 11) is 0. The van der Waals surface area contributed by atoms with Gasteiger partial charge in [-0.25, -0.2) is 14.0 Å². The molecule has 2 N–H and O–H groups in total. The van der Waals surface area contributed by atoms with E-state index in [0.29, 0.717) is 11.1 Å². The fraction of sp³-hybridized carbons (Fsp3) is 0.160. The van der Waals surface area contributed by atoms with Gasteiger partial charge in [0.05, 0.1) is 12.1 Å². The summed E-state index contributed by atoms with van der Waals surface area (Å²) in [6.07, 6.45) is 1.58. The number of amides is 3. The van der Waals surface area contributed by atoms with Crippen LogP contribution >= 0.6 is 0 Å². The molecule has 0 saturated carbocycles. The summed E-state index contributed by atoms with van der Waals surface area (Å²) in [5.41, 5.74) is 4.20. The molecule has 1 aliphatic rings. The average Bonchev–Trinajstić information content (AvgIpc) is 3.19. The van der Waals surface area contributed by atoms with Crippen LogP contribution in [0.4, 0.5) is 9.18 Å². The molecule has 3 aromatic rings. The zero-order valence-corrected chi connectivity index (χ0v) is 18.3. The highest BCUT2D eigenvalue weighted by atomic mass is 19.1. The lowest BCUT2D eigenvalue weighted by Crippen LogP contribution is -2.30. The first-order chi connectivity index (χ1) is 15.7. The fourth-order valence-corrected chi connectivity index (χ4v) is 4.07. The topological polar surface area (TPSA) is 91.6 Å². The zero-order valence-electron chi connectivity index (χ0n) is 18.3. The molecule has 7 nitrogen and oxygen atoms in total. The Bertz CT molecular complexity index is 1340. The van der Waals surface area contributed by atoms with Gasteiger partial charge in [0.25, 0.3) is 5.91 Å². The summed E-state index contributed by atoms with van der Waals surface area (Å²) in [4.78, 5) is 37.8. The summed E-state index contributed by atoms with van der Waals surface area (Å²) in [6.45, 7) is 5.30. The van der Waals surface area contributed by atoms with Crippen molar-refractivity contribution in [1.82, 2.24) is 14.8 Å². The second kappa shape index (κ2) is 8.38. The van der Waals surface area contributed by atoms with Crippen LogP contribution < -0.4 is 5.32 Å². The Balaban J connectivity index is 1.68. The van der Waals surface area contributed by atoms with Gasteiger partial charge in [-0.05, 0) is 62.2 Å². The molecule has 1 fully saturated rings. The molecule has 1 saturated heterocycles. The van der Waals surface area contributed by atoms with Gasteiger partial charge in [-0.3, -0.25) is 9.69 Å². The number of halogens is 1. The monoisotopic (exact) mass is 447 g/mol. The summed E-state index contributed by atoms with van der Waals surface area (Å²) in [5, 5.41) is 12.0. The standard InChI is InChI=1S/C25H22FN3O4/c1-14-11-18(16(3)29(14)22-10-6-8-19(15(22)2)24(31)32)12-21-23(30)28(25(33)27-21)13-17-7-4-5-9-20(17)26/h4-12H,13H2,1-3H3,(H,27,33)(H,31,32)/b21-12+. The molecule has 1 aromatic heterocycles. The van der Waals surface area contributed by atoms with Crippen molar-refractivity contribution in [1.29, 1.82) is 0 Å². The Morgan fingerprint density at radius 3 is 2.52 bits per heavy atom. The van der Waals surface area contributed by atoms with E-state index in [4.69, 9.17) is 0 Å².